The van der Waals surface area contributed by atoms with Crippen molar-refractivity contribution in [1.29, 1.82) is 0 Å². The minimum absolute atomic E-state index is 0.0855. The Kier molecular flexibility index (Phi) is 8.11. The zero-order valence-electron chi connectivity index (χ0n) is 17.4. The topological polar surface area (TPSA) is 110 Å². The number of hydrogen-bond donors (Lipinski definition) is 2. The summed E-state index contributed by atoms with van der Waals surface area (Å²) in [5.74, 6) is -1.05. The van der Waals surface area contributed by atoms with Crippen LogP contribution in [0.5, 0.6) is 0 Å². The molecule has 9 heteroatoms. The number of nitrogen functional groups attached to an aromatic ring is 1. The fourth-order valence-electron chi connectivity index (χ4n) is 2.95. The lowest BCUT2D eigenvalue weighted by Crippen LogP contribution is -2.41. The second-order valence-electron chi connectivity index (χ2n) is 7.19. The van der Waals surface area contributed by atoms with Gasteiger partial charge in [-0.3, -0.25) is 19.1 Å². The van der Waals surface area contributed by atoms with Crippen LogP contribution in [0.1, 0.15) is 25.8 Å². The Labute approximate surface area is 173 Å². The van der Waals surface area contributed by atoms with Crippen LogP contribution in [0, 0.1) is 11.7 Å². The van der Waals surface area contributed by atoms with Gasteiger partial charge in [0.1, 0.15) is 11.6 Å². The number of anilines is 2. The van der Waals surface area contributed by atoms with Gasteiger partial charge in [-0.25, -0.2) is 9.18 Å². The highest BCUT2D eigenvalue weighted by molar-refractivity contribution is 6.05. The normalized spacial score (nSPS) is 11.4. The molecule has 0 atom stereocenters. The van der Waals surface area contributed by atoms with Crippen molar-refractivity contribution >= 4 is 23.5 Å². The summed E-state index contributed by atoms with van der Waals surface area (Å²) < 4.78 is 20.1. The molecule has 30 heavy (non-hydrogen) atoms. The molecule has 3 N–H and O–H groups in total. The van der Waals surface area contributed by atoms with E-state index in [0.29, 0.717) is 13.0 Å². The SMILES string of the molecule is COCCCN(C(=O)/C=C/c1ccccc1F)c1c(N)n(CC(C)C)c(=O)[nH]c1=O. The van der Waals surface area contributed by atoms with Gasteiger partial charge in [-0.1, -0.05) is 32.0 Å². The molecule has 2 aromatic rings. The third-order valence-electron chi connectivity index (χ3n) is 4.34. The molecule has 0 radical (unpaired) electrons. The van der Waals surface area contributed by atoms with Crippen molar-refractivity contribution in [2.45, 2.75) is 26.8 Å². The van der Waals surface area contributed by atoms with E-state index in [1.807, 2.05) is 13.8 Å². The standard InChI is InChI=1S/C21H27FN4O4/c1-14(2)13-26-19(23)18(20(28)24-21(26)29)25(11-6-12-30-3)17(27)10-9-15-7-4-5-8-16(15)22/h4-5,7-10,14H,6,11-13,23H2,1-3H3,(H,24,28,29)/b10-9+. The monoisotopic (exact) mass is 418 g/mol. The molecule has 2 rings (SSSR count). The maximum absolute atomic E-state index is 13.9. The number of halogens is 1. The summed E-state index contributed by atoms with van der Waals surface area (Å²) in [5.41, 5.74) is 4.86. The molecule has 0 unspecified atom stereocenters. The highest BCUT2D eigenvalue weighted by atomic mass is 19.1. The number of carbonyl (C=O) groups is 1. The number of benzene rings is 1. The van der Waals surface area contributed by atoms with Gasteiger partial charge in [0.05, 0.1) is 0 Å². The molecule has 0 spiro atoms. The van der Waals surface area contributed by atoms with E-state index < -0.39 is 23.0 Å². The number of hydrogen-bond acceptors (Lipinski definition) is 5. The molecule has 0 aliphatic rings. The van der Waals surface area contributed by atoms with Crippen LogP contribution in [0.2, 0.25) is 0 Å². The van der Waals surface area contributed by atoms with Gasteiger partial charge < -0.3 is 15.4 Å². The summed E-state index contributed by atoms with van der Waals surface area (Å²) in [7, 11) is 1.52. The van der Waals surface area contributed by atoms with Crippen LogP contribution in [0.4, 0.5) is 15.9 Å². The van der Waals surface area contributed by atoms with E-state index in [2.05, 4.69) is 4.98 Å². The molecule has 0 saturated carbocycles. The number of carbonyl (C=O) groups excluding carboxylic acids is 1. The highest BCUT2D eigenvalue weighted by Gasteiger charge is 2.23. The van der Waals surface area contributed by atoms with Gasteiger partial charge in [-0.05, 0) is 24.5 Å². The van der Waals surface area contributed by atoms with Gasteiger partial charge in [0.15, 0.2) is 5.69 Å². The fraction of sp³-hybridized carbons (Fsp3) is 0.381. The maximum atomic E-state index is 13.9. The van der Waals surface area contributed by atoms with Crippen molar-refractivity contribution in [2.24, 2.45) is 5.92 Å². The molecule has 1 aromatic heterocycles. The molecule has 8 nitrogen and oxygen atoms in total. The van der Waals surface area contributed by atoms with Crippen LogP contribution in [0.15, 0.2) is 39.9 Å². The number of H-pyrrole nitrogens is 1. The van der Waals surface area contributed by atoms with Crippen molar-refractivity contribution in [1.82, 2.24) is 9.55 Å². The van der Waals surface area contributed by atoms with Crippen molar-refractivity contribution < 1.29 is 13.9 Å². The lowest BCUT2D eigenvalue weighted by atomic mass is 10.2. The second-order valence-corrected chi connectivity index (χ2v) is 7.19. The lowest BCUT2D eigenvalue weighted by Gasteiger charge is -2.24. The Bertz CT molecular complexity index is 1030. The van der Waals surface area contributed by atoms with Crippen molar-refractivity contribution in [3.8, 4) is 0 Å². The summed E-state index contributed by atoms with van der Waals surface area (Å²) in [6.45, 7) is 4.55. The van der Waals surface area contributed by atoms with E-state index in [-0.39, 0.29) is 36.1 Å². The average Bonchev–Trinajstić information content (AvgIpc) is 2.69. The first kappa shape index (κ1) is 23.1. The zero-order valence-corrected chi connectivity index (χ0v) is 17.4. The number of rotatable bonds is 9. The molecule has 1 aromatic carbocycles. The van der Waals surface area contributed by atoms with Gasteiger partial charge in [0.2, 0.25) is 0 Å². The largest absolute Gasteiger partial charge is 0.385 e. The van der Waals surface area contributed by atoms with Gasteiger partial charge in [0.25, 0.3) is 11.5 Å². The molecular weight excluding hydrogens is 391 g/mol. The van der Waals surface area contributed by atoms with Crippen LogP contribution >= 0.6 is 0 Å². The van der Waals surface area contributed by atoms with Crippen LogP contribution in [-0.4, -0.2) is 35.7 Å². The summed E-state index contributed by atoms with van der Waals surface area (Å²) in [6, 6.07) is 6.00. The van der Waals surface area contributed by atoms with Crippen molar-refractivity contribution in [3.63, 3.8) is 0 Å². The van der Waals surface area contributed by atoms with Crippen LogP contribution in [-0.2, 0) is 16.1 Å². The van der Waals surface area contributed by atoms with Gasteiger partial charge in [-0.15, -0.1) is 0 Å². The number of nitrogens with two attached hydrogens (primary N) is 1. The van der Waals surface area contributed by atoms with Crippen molar-refractivity contribution in [3.05, 3.63) is 62.6 Å². The Hall–Kier alpha value is -3.20. The number of nitrogens with zero attached hydrogens (tertiary/aromatic N) is 2. The molecule has 0 saturated heterocycles. The average molecular weight is 418 g/mol. The Balaban J connectivity index is 2.48. The smallest absolute Gasteiger partial charge is 0.330 e. The van der Waals surface area contributed by atoms with Gasteiger partial charge in [0, 0.05) is 38.4 Å². The van der Waals surface area contributed by atoms with Crippen LogP contribution in [0.25, 0.3) is 6.08 Å². The minimum Gasteiger partial charge on any atom is -0.385 e. The van der Waals surface area contributed by atoms with Gasteiger partial charge in [-0.2, -0.15) is 0 Å². The third kappa shape index (κ3) is 5.66. The van der Waals surface area contributed by atoms with E-state index in [1.54, 1.807) is 12.1 Å². The summed E-state index contributed by atoms with van der Waals surface area (Å²) in [6.07, 6.45) is 2.93. The number of aromatic amines is 1. The quantitative estimate of drug-likeness (QED) is 0.478. The Morgan fingerprint density at radius 3 is 2.67 bits per heavy atom. The molecular formula is C21H27FN4O4. The van der Waals surface area contributed by atoms with Crippen molar-refractivity contribution in [2.75, 3.05) is 30.9 Å². The van der Waals surface area contributed by atoms with E-state index in [1.165, 1.54) is 40.9 Å². The van der Waals surface area contributed by atoms with E-state index in [0.717, 1.165) is 0 Å². The number of nitrogens with one attached hydrogen (secondary N) is 1. The fourth-order valence-corrected chi connectivity index (χ4v) is 2.95. The van der Waals surface area contributed by atoms with E-state index >= 15 is 0 Å². The first-order chi connectivity index (χ1) is 14.3. The molecule has 0 bridgehead atoms. The summed E-state index contributed by atoms with van der Waals surface area (Å²) in [4.78, 5) is 41.1. The number of methoxy groups -OCH3 is 1. The van der Waals surface area contributed by atoms with Crippen LogP contribution < -0.4 is 21.9 Å². The predicted octanol–water partition coefficient (Wildman–Crippen LogP) is 2.00. The first-order valence-corrected chi connectivity index (χ1v) is 9.61. The predicted molar refractivity (Wildman–Crippen MR) is 115 cm³/mol. The summed E-state index contributed by atoms with van der Waals surface area (Å²) in [5, 5.41) is 0. The lowest BCUT2D eigenvalue weighted by molar-refractivity contribution is -0.114. The molecule has 0 aliphatic heterocycles. The Morgan fingerprint density at radius 1 is 1.33 bits per heavy atom. The third-order valence-corrected chi connectivity index (χ3v) is 4.34. The zero-order chi connectivity index (χ0) is 22.3. The minimum atomic E-state index is -0.762. The highest BCUT2D eigenvalue weighted by Crippen LogP contribution is 2.19. The molecule has 162 valence electrons. The summed E-state index contributed by atoms with van der Waals surface area (Å²) >= 11 is 0. The van der Waals surface area contributed by atoms with E-state index in [9.17, 15) is 18.8 Å². The Morgan fingerprint density at radius 2 is 2.03 bits per heavy atom. The number of amides is 1. The maximum Gasteiger partial charge on any atom is 0.330 e. The second kappa shape index (κ2) is 10.5. The number of ether oxygens (including phenoxy) is 1. The molecule has 1 amide bonds. The number of aromatic nitrogens is 2. The molecule has 0 fully saturated rings. The van der Waals surface area contributed by atoms with Gasteiger partial charge >= 0.3 is 5.69 Å². The molecule has 0 aliphatic carbocycles. The van der Waals surface area contributed by atoms with E-state index in [4.69, 9.17) is 10.5 Å². The first-order valence-electron chi connectivity index (χ1n) is 9.61. The van der Waals surface area contributed by atoms with Crippen LogP contribution in [0.3, 0.4) is 0 Å². The molecule has 1 heterocycles.